The van der Waals surface area contributed by atoms with Gasteiger partial charge in [0.15, 0.2) is 5.69 Å². The number of pyridine rings is 1. The van der Waals surface area contributed by atoms with Gasteiger partial charge in [0.2, 0.25) is 5.82 Å². The zero-order valence-corrected chi connectivity index (χ0v) is 27.7. The fourth-order valence-corrected chi connectivity index (χ4v) is 6.66. The van der Waals surface area contributed by atoms with Crippen molar-refractivity contribution >= 4 is 48.5 Å². The van der Waals surface area contributed by atoms with Crippen molar-refractivity contribution in [1.29, 1.82) is 0 Å². The van der Waals surface area contributed by atoms with E-state index in [0.717, 1.165) is 16.8 Å². The number of rotatable bonds is 5. The fourth-order valence-electron chi connectivity index (χ4n) is 4.75. The molecule has 225 valence electrons. The smallest absolute Gasteiger partial charge is 0.201 e. The molecule has 11 heteroatoms. The molecule has 8 nitrogen and oxygen atoms in total. The van der Waals surface area contributed by atoms with Gasteiger partial charge in [-0.25, -0.2) is 0 Å². The summed E-state index contributed by atoms with van der Waals surface area (Å²) in [5.74, 6) is 0.686. The summed E-state index contributed by atoms with van der Waals surface area (Å²) in [5, 5.41) is 31.3. The number of thiophene rings is 2. The van der Waals surface area contributed by atoms with E-state index in [-0.39, 0.29) is 31.6 Å². The molecule has 0 bridgehead atoms. The first-order chi connectivity index (χ1) is 22.1. The van der Waals surface area contributed by atoms with Gasteiger partial charge in [-0.1, -0.05) is 72.1 Å². The van der Waals surface area contributed by atoms with Crippen molar-refractivity contribution in [2.45, 2.75) is 0 Å². The maximum Gasteiger partial charge on any atom is 0.201 e. The zero-order valence-electron chi connectivity index (χ0n) is 23.7. The Hall–Kier alpha value is -5.06. The Morgan fingerprint density at radius 2 is 1.54 bits per heavy atom. The SMILES string of the molecule is O=[N+]([O-])c1c[c-]c(-c2nnc(-c3ccccc3)nn2)cc1.[Ir].[c-]1ccc2c(sc3ccc(-c4cccs4)cc32)c1-c1ccccn1. The van der Waals surface area contributed by atoms with Gasteiger partial charge < -0.3 is 4.98 Å². The molecule has 1 radical (unpaired) electrons. The number of nitro benzene ring substituents is 1. The van der Waals surface area contributed by atoms with Gasteiger partial charge in [-0.05, 0) is 51.0 Å². The predicted octanol–water partition coefficient (Wildman–Crippen LogP) is 8.95. The van der Waals surface area contributed by atoms with E-state index in [2.05, 4.69) is 79.3 Å². The molecule has 0 aliphatic rings. The Morgan fingerprint density at radius 3 is 2.24 bits per heavy atom. The molecule has 8 rings (SSSR count). The Labute approximate surface area is 285 Å². The van der Waals surface area contributed by atoms with E-state index in [1.165, 1.54) is 48.8 Å². The summed E-state index contributed by atoms with van der Waals surface area (Å²) >= 11 is 3.60. The first kappa shape index (κ1) is 30.9. The van der Waals surface area contributed by atoms with Crippen LogP contribution in [0.5, 0.6) is 0 Å². The van der Waals surface area contributed by atoms with Gasteiger partial charge in [-0.2, -0.15) is 21.5 Å². The summed E-state index contributed by atoms with van der Waals surface area (Å²) in [6, 6.07) is 40.8. The minimum Gasteiger partial charge on any atom is -0.305 e. The molecule has 0 atom stereocenters. The van der Waals surface area contributed by atoms with Gasteiger partial charge in [0.25, 0.3) is 0 Å². The van der Waals surface area contributed by atoms with E-state index < -0.39 is 4.92 Å². The molecule has 0 unspecified atom stereocenters. The Kier molecular flexibility index (Phi) is 9.37. The summed E-state index contributed by atoms with van der Waals surface area (Å²) in [6.07, 6.45) is 1.84. The van der Waals surface area contributed by atoms with E-state index in [0.29, 0.717) is 11.4 Å². The number of fused-ring (bicyclic) bond motifs is 3. The summed E-state index contributed by atoms with van der Waals surface area (Å²) in [5.41, 5.74) is 4.63. The van der Waals surface area contributed by atoms with Crippen LogP contribution in [0.1, 0.15) is 0 Å². The summed E-state index contributed by atoms with van der Waals surface area (Å²) in [6.45, 7) is 0. The topological polar surface area (TPSA) is 108 Å². The number of hydrogen-bond acceptors (Lipinski definition) is 9. The van der Waals surface area contributed by atoms with Crippen molar-refractivity contribution in [2.24, 2.45) is 0 Å². The van der Waals surface area contributed by atoms with Crippen molar-refractivity contribution in [3.63, 3.8) is 0 Å². The van der Waals surface area contributed by atoms with Gasteiger partial charge in [0.05, 0.1) is 0 Å². The molecule has 0 N–H and O–H groups in total. The third kappa shape index (κ3) is 6.49. The van der Waals surface area contributed by atoms with Gasteiger partial charge in [0.1, 0.15) is 5.82 Å². The van der Waals surface area contributed by atoms with E-state index in [1.807, 2.05) is 72.1 Å². The number of aromatic nitrogens is 5. The second-order valence-electron chi connectivity index (χ2n) is 9.73. The normalized spacial score (nSPS) is 10.6. The minimum atomic E-state index is -0.490. The maximum atomic E-state index is 10.6. The number of non-ortho nitro benzene ring substituents is 1. The average molecular weight is 813 g/mol. The quantitative estimate of drug-likeness (QED) is 0.0971. The molecule has 8 aromatic rings. The fraction of sp³-hybridized carbons (Fsp3) is 0. The first-order valence-electron chi connectivity index (χ1n) is 13.8. The van der Waals surface area contributed by atoms with Crippen LogP contribution >= 0.6 is 22.7 Å². The molecule has 0 saturated carbocycles. The van der Waals surface area contributed by atoms with Crippen molar-refractivity contribution in [1.82, 2.24) is 25.4 Å². The van der Waals surface area contributed by atoms with Crippen LogP contribution < -0.4 is 0 Å². The van der Waals surface area contributed by atoms with Crippen molar-refractivity contribution in [3.8, 4) is 44.5 Å². The van der Waals surface area contributed by atoms with E-state index >= 15 is 0 Å². The molecule has 0 aliphatic carbocycles. The molecular formula is C35H20IrN6O2S2-2. The summed E-state index contributed by atoms with van der Waals surface area (Å²) in [7, 11) is 0. The van der Waals surface area contributed by atoms with Crippen molar-refractivity contribution in [3.05, 3.63) is 143 Å². The molecule has 0 spiro atoms. The van der Waals surface area contributed by atoms with Crippen LogP contribution in [0, 0.1) is 22.2 Å². The van der Waals surface area contributed by atoms with Crippen LogP contribution in [0.15, 0.2) is 121 Å². The molecule has 4 aromatic heterocycles. The van der Waals surface area contributed by atoms with E-state index in [1.54, 1.807) is 11.3 Å². The Balaban J connectivity index is 0.000000160. The first-order valence-corrected chi connectivity index (χ1v) is 15.5. The molecular weight excluding hydrogens is 793 g/mol. The summed E-state index contributed by atoms with van der Waals surface area (Å²) in [4.78, 5) is 15.9. The number of nitrogens with zero attached hydrogens (tertiary/aromatic N) is 6. The third-order valence-corrected chi connectivity index (χ3v) is 9.04. The Morgan fingerprint density at radius 1 is 0.739 bits per heavy atom. The van der Waals surface area contributed by atoms with Crippen LogP contribution in [-0.2, 0) is 20.1 Å². The van der Waals surface area contributed by atoms with Crippen LogP contribution in [0.2, 0.25) is 0 Å². The van der Waals surface area contributed by atoms with Crippen LogP contribution in [0.25, 0.3) is 64.6 Å². The Bertz CT molecular complexity index is 2230. The molecule has 4 heterocycles. The monoisotopic (exact) mass is 813 g/mol. The largest absolute Gasteiger partial charge is 0.305 e. The second kappa shape index (κ2) is 13.9. The number of nitro groups is 1. The molecule has 0 aliphatic heterocycles. The molecule has 0 fully saturated rings. The maximum absolute atomic E-state index is 10.6. The minimum absolute atomic E-state index is 0. The van der Waals surface area contributed by atoms with E-state index in [9.17, 15) is 10.1 Å². The van der Waals surface area contributed by atoms with Crippen molar-refractivity contribution in [2.75, 3.05) is 0 Å². The molecule has 46 heavy (non-hydrogen) atoms. The summed E-state index contributed by atoms with van der Waals surface area (Å²) < 4.78 is 2.57. The van der Waals surface area contributed by atoms with Gasteiger partial charge in [-0.3, -0.25) is 10.1 Å². The van der Waals surface area contributed by atoms with Crippen LogP contribution in [0.4, 0.5) is 5.69 Å². The number of hydrogen-bond donors (Lipinski definition) is 0. The predicted molar refractivity (Wildman–Crippen MR) is 179 cm³/mol. The van der Waals surface area contributed by atoms with E-state index in [4.69, 9.17) is 0 Å². The standard InChI is InChI=1S/C21H12NS2.C14H8N5O2.Ir/c1-2-11-22-18(7-1)16-6-3-5-15-17-13-14(19-8-4-12-23-19)9-10-20(17)24-21(15)16;20-19(21)12-8-6-11(7-9-12)14-17-15-13(16-18-14)10-4-2-1-3-5-10;/h1-5,7-13H;1-6,8-9H;/q2*-1;. The molecule has 0 amide bonds. The molecule has 4 aromatic carbocycles. The van der Waals surface area contributed by atoms with Crippen LogP contribution in [-0.4, -0.2) is 30.3 Å². The second-order valence-corrected chi connectivity index (χ2v) is 11.7. The van der Waals surface area contributed by atoms with Gasteiger partial charge >= 0.3 is 0 Å². The third-order valence-electron chi connectivity index (χ3n) is 6.92. The van der Waals surface area contributed by atoms with Gasteiger partial charge in [-0.15, -0.1) is 63.0 Å². The van der Waals surface area contributed by atoms with Crippen molar-refractivity contribution < 1.29 is 25.0 Å². The average Bonchev–Trinajstić information content (AvgIpc) is 3.78. The van der Waals surface area contributed by atoms with Gasteiger partial charge in [0, 0.05) is 46.4 Å². The molecule has 0 saturated heterocycles. The number of benzene rings is 4. The zero-order chi connectivity index (χ0) is 30.6. The van der Waals surface area contributed by atoms with Crippen LogP contribution in [0.3, 0.4) is 0 Å².